The number of amidine groups is 1. The van der Waals surface area contributed by atoms with Crippen molar-refractivity contribution in [2.75, 3.05) is 12.8 Å². The normalized spacial score (nSPS) is 16.0. The predicted octanol–water partition coefficient (Wildman–Crippen LogP) is 5.82. The molecule has 0 saturated heterocycles. The smallest absolute Gasteiger partial charge is 0.214 e. The van der Waals surface area contributed by atoms with Gasteiger partial charge in [-0.25, -0.2) is 4.99 Å². The van der Waals surface area contributed by atoms with Crippen molar-refractivity contribution in [3.05, 3.63) is 48.5 Å². The van der Waals surface area contributed by atoms with Crippen LogP contribution in [0.1, 0.15) is 39.0 Å². The van der Waals surface area contributed by atoms with Gasteiger partial charge >= 0.3 is 0 Å². The van der Waals surface area contributed by atoms with Crippen LogP contribution in [-0.4, -0.2) is 28.9 Å². The van der Waals surface area contributed by atoms with E-state index in [2.05, 4.69) is 78.2 Å². The van der Waals surface area contributed by atoms with Crippen LogP contribution in [0.5, 0.6) is 0 Å². The van der Waals surface area contributed by atoms with Gasteiger partial charge in [-0.1, -0.05) is 55.3 Å². The maximum atomic E-state index is 5.31. The Bertz CT molecular complexity index is 948. The molecule has 0 unspecified atom stereocenters. The summed E-state index contributed by atoms with van der Waals surface area (Å²) in [4.78, 5) is 7.86. The zero-order valence-corrected chi connectivity index (χ0v) is 18.0. The number of hydrogen-bond donors (Lipinski definition) is 0. The number of hydrogen-bond acceptors (Lipinski definition) is 2. The number of para-hydroxylation sites is 2. The van der Waals surface area contributed by atoms with Crippen LogP contribution in [0.2, 0.25) is 0 Å². The molecule has 0 N–H and O–H groups in total. The third-order valence-electron chi connectivity index (χ3n) is 6.03. The highest BCUT2D eigenvalue weighted by Crippen LogP contribution is 2.34. The fraction of sp³-hybridized carbons (Fsp3) is 0.417. The second kappa shape index (κ2) is 8.52. The topological polar surface area (TPSA) is 19.5 Å². The van der Waals surface area contributed by atoms with Crippen LogP contribution < -0.4 is 4.57 Å². The molecule has 1 fully saturated rings. The van der Waals surface area contributed by atoms with Gasteiger partial charge in [0.05, 0.1) is 16.5 Å². The van der Waals surface area contributed by atoms with Crippen molar-refractivity contribution in [1.82, 2.24) is 4.90 Å². The summed E-state index contributed by atoms with van der Waals surface area (Å²) in [6, 6.07) is 17.9. The van der Waals surface area contributed by atoms with Crippen LogP contribution in [0.3, 0.4) is 0 Å². The minimum Gasteiger partial charge on any atom is -0.348 e. The molecule has 1 heterocycles. The number of aromatic nitrogens is 1. The van der Waals surface area contributed by atoms with E-state index in [1.807, 2.05) is 0 Å². The molecule has 0 atom stereocenters. The van der Waals surface area contributed by atoms with Gasteiger partial charge < -0.3 is 4.90 Å². The lowest BCUT2D eigenvalue weighted by molar-refractivity contribution is -0.617. The molecule has 1 aliphatic rings. The lowest BCUT2D eigenvalue weighted by Gasteiger charge is -2.35. The zero-order valence-electron chi connectivity index (χ0n) is 17.2. The van der Waals surface area contributed by atoms with Crippen molar-refractivity contribution in [2.24, 2.45) is 12.0 Å². The van der Waals surface area contributed by atoms with Gasteiger partial charge in [0.2, 0.25) is 11.0 Å². The fourth-order valence-corrected chi connectivity index (χ4v) is 5.29. The van der Waals surface area contributed by atoms with Crippen LogP contribution in [0.25, 0.3) is 21.8 Å². The molecule has 0 bridgehead atoms. The number of thioether (sulfide) groups is 1. The van der Waals surface area contributed by atoms with Gasteiger partial charge in [0.25, 0.3) is 0 Å². The van der Waals surface area contributed by atoms with E-state index in [4.69, 9.17) is 4.99 Å². The van der Waals surface area contributed by atoms with E-state index >= 15 is 0 Å². The molecule has 0 aliphatic heterocycles. The Morgan fingerprint density at radius 2 is 1.57 bits per heavy atom. The summed E-state index contributed by atoms with van der Waals surface area (Å²) < 4.78 is 2.28. The molecule has 4 rings (SSSR count). The van der Waals surface area contributed by atoms with Gasteiger partial charge in [-0.2, -0.15) is 4.57 Å². The van der Waals surface area contributed by atoms with E-state index in [1.165, 1.54) is 53.9 Å². The standard InChI is InChI=1S/C24H30N3S/c1-4-27(18-12-6-5-7-13-18)24(28-3)25-23-19-14-8-10-16-21(19)26(2)22-17-11-9-15-20(22)23/h8-11,14-18H,4-7,12-13H2,1-3H3/q+1. The van der Waals surface area contributed by atoms with Gasteiger partial charge in [-0.3, -0.25) is 0 Å². The van der Waals surface area contributed by atoms with Crippen LogP contribution in [-0.2, 0) is 7.05 Å². The molecule has 0 amide bonds. The highest BCUT2D eigenvalue weighted by Gasteiger charge is 2.24. The quantitative estimate of drug-likeness (QED) is 0.242. The Hall–Kier alpha value is -2.07. The molecule has 0 spiro atoms. The van der Waals surface area contributed by atoms with E-state index in [-0.39, 0.29) is 0 Å². The Labute approximate surface area is 172 Å². The SMILES string of the molecule is CCN(C(=Nc1c2ccccc2[n+](C)c2ccccc12)SC)C1CCCCC1. The number of pyridine rings is 1. The second-order valence-corrected chi connectivity index (χ2v) is 8.39. The number of aliphatic imine (C=N–C) groups is 1. The van der Waals surface area contributed by atoms with Crippen LogP contribution >= 0.6 is 11.8 Å². The molecule has 3 nitrogen and oxygen atoms in total. The minimum absolute atomic E-state index is 0.627. The van der Waals surface area contributed by atoms with Crippen LogP contribution in [0, 0.1) is 0 Å². The molecule has 2 aromatic carbocycles. The second-order valence-electron chi connectivity index (χ2n) is 7.62. The largest absolute Gasteiger partial charge is 0.348 e. The molecule has 0 radical (unpaired) electrons. The molecule has 3 aromatic rings. The Balaban J connectivity index is 1.91. The molecule has 1 aliphatic carbocycles. The van der Waals surface area contributed by atoms with Crippen molar-refractivity contribution >= 4 is 44.4 Å². The molecule has 1 aromatic heterocycles. The first-order chi connectivity index (χ1) is 13.7. The highest BCUT2D eigenvalue weighted by molar-refractivity contribution is 8.13. The van der Waals surface area contributed by atoms with Gasteiger partial charge in [0.15, 0.2) is 5.17 Å². The monoisotopic (exact) mass is 392 g/mol. The number of benzene rings is 2. The number of rotatable bonds is 3. The summed E-state index contributed by atoms with van der Waals surface area (Å²) in [5, 5.41) is 3.59. The molecule has 28 heavy (non-hydrogen) atoms. The van der Waals surface area contributed by atoms with Gasteiger partial charge in [0, 0.05) is 24.7 Å². The summed E-state index contributed by atoms with van der Waals surface area (Å²) in [5.74, 6) is 0. The molecule has 1 saturated carbocycles. The van der Waals surface area contributed by atoms with Crippen molar-refractivity contribution < 1.29 is 4.57 Å². The van der Waals surface area contributed by atoms with E-state index in [0.29, 0.717) is 6.04 Å². The first-order valence-corrected chi connectivity index (χ1v) is 11.7. The van der Waals surface area contributed by atoms with Crippen molar-refractivity contribution in [1.29, 1.82) is 0 Å². The fourth-order valence-electron chi connectivity index (χ4n) is 4.59. The van der Waals surface area contributed by atoms with Crippen LogP contribution in [0.4, 0.5) is 5.69 Å². The third kappa shape index (κ3) is 3.50. The predicted molar refractivity (Wildman–Crippen MR) is 122 cm³/mol. The van der Waals surface area contributed by atoms with Gasteiger partial charge in [-0.15, -0.1) is 0 Å². The Kier molecular flexibility index (Phi) is 5.86. The lowest BCUT2D eigenvalue weighted by Crippen LogP contribution is -2.39. The van der Waals surface area contributed by atoms with Gasteiger partial charge in [0.1, 0.15) is 7.05 Å². The number of aryl methyl sites for hydroxylation is 1. The molecule has 146 valence electrons. The first kappa shape index (κ1) is 19.3. The van der Waals surface area contributed by atoms with E-state index in [9.17, 15) is 0 Å². The lowest BCUT2D eigenvalue weighted by atomic mass is 9.94. The van der Waals surface area contributed by atoms with Gasteiger partial charge in [-0.05, 0) is 38.2 Å². The summed E-state index contributed by atoms with van der Waals surface area (Å²) in [5.41, 5.74) is 3.55. The summed E-state index contributed by atoms with van der Waals surface area (Å²) in [6.07, 6.45) is 8.81. The maximum absolute atomic E-state index is 5.31. The van der Waals surface area contributed by atoms with Crippen molar-refractivity contribution in [3.8, 4) is 0 Å². The first-order valence-electron chi connectivity index (χ1n) is 10.4. The number of fused-ring (bicyclic) bond motifs is 2. The summed E-state index contributed by atoms with van der Waals surface area (Å²) in [7, 11) is 2.15. The highest BCUT2D eigenvalue weighted by atomic mass is 32.2. The summed E-state index contributed by atoms with van der Waals surface area (Å²) in [6.45, 7) is 3.28. The Morgan fingerprint density at radius 1 is 1.00 bits per heavy atom. The van der Waals surface area contributed by atoms with E-state index < -0.39 is 0 Å². The van der Waals surface area contributed by atoms with E-state index in [1.54, 1.807) is 11.8 Å². The van der Waals surface area contributed by atoms with E-state index in [0.717, 1.165) is 17.4 Å². The van der Waals surface area contributed by atoms with Crippen LogP contribution in [0.15, 0.2) is 53.5 Å². The zero-order chi connectivity index (χ0) is 19.5. The average molecular weight is 393 g/mol. The Morgan fingerprint density at radius 3 is 2.11 bits per heavy atom. The molecular formula is C24H30N3S+. The van der Waals surface area contributed by atoms with Crippen molar-refractivity contribution in [3.63, 3.8) is 0 Å². The average Bonchev–Trinajstić information content (AvgIpc) is 2.76. The molecular weight excluding hydrogens is 362 g/mol. The number of nitrogens with zero attached hydrogens (tertiary/aromatic N) is 3. The minimum atomic E-state index is 0.627. The van der Waals surface area contributed by atoms with Crippen molar-refractivity contribution in [2.45, 2.75) is 45.1 Å². The third-order valence-corrected chi connectivity index (χ3v) is 6.72. The molecule has 4 heteroatoms. The summed E-state index contributed by atoms with van der Waals surface area (Å²) >= 11 is 1.78. The maximum Gasteiger partial charge on any atom is 0.214 e.